The molecule has 0 bridgehead atoms. The van der Waals surface area contributed by atoms with Gasteiger partial charge in [-0.25, -0.2) is 0 Å². The van der Waals surface area contributed by atoms with Gasteiger partial charge in [0.1, 0.15) is 0 Å². The highest BCUT2D eigenvalue weighted by Gasteiger charge is 2.17. The lowest BCUT2D eigenvalue weighted by Crippen LogP contribution is -2.25. The topological polar surface area (TPSA) is 88.9 Å². The molecule has 0 aliphatic rings. The minimum absolute atomic E-state index is 0.0550. The van der Waals surface area contributed by atoms with Crippen molar-refractivity contribution in [1.29, 1.82) is 0 Å². The van der Waals surface area contributed by atoms with Gasteiger partial charge in [0.2, 0.25) is 5.91 Å². The Labute approximate surface area is 208 Å². The van der Waals surface area contributed by atoms with Crippen molar-refractivity contribution in [2.45, 2.75) is 25.2 Å². The zero-order valence-electron chi connectivity index (χ0n) is 16.7. The molecule has 7 nitrogen and oxygen atoms in total. The molecule has 3 aromatic rings. The van der Waals surface area contributed by atoms with Crippen molar-refractivity contribution in [2.24, 2.45) is 0 Å². The van der Waals surface area contributed by atoms with Gasteiger partial charge in [0.15, 0.2) is 11.0 Å². The molecule has 1 heterocycles. The van der Waals surface area contributed by atoms with Crippen molar-refractivity contribution in [3.63, 3.8) is 0 Å². The average molecular weight is 533 g/mol. The second kappa shape index (κ2) is 11.2. The fourth-order valence-corrected chi connectivity index (χ4v) is 4.70. The maximum atomic E-state index is 12.4. The van der Waals surface area contributed by atoms with Gasteiger partial charge in [0, 0.05) is 11.6 Å². The van der Waals surface area contributed by atoms with Gasteiger partial charge in [-0.3, -0.25) is 9.59 Å². The van der Waals surface area contributed by atoms with Gasteiger partial charge in [-0.05, 0) is 31.2 Å². The third kappa shape index (κ3) is 6.08. The molecule has 0 unspecified atom stereocenters. The van der Waals surface area contributed by atoms with Gasteiger partial charge in [-0.2, -0.15) is 0 Å². The van der Waals surface area contributed by atoms with Gasteiger partial charge >= 0.3 is 0 Å². The highest BCUT2D eigenvalue weighted by atomic mass is 35.5. The summed E-state index contributed by atoms with van der Waals surface area (Å²) in [6.07, 6.45) is 0. The van der Waals surface area contributed by atoms with Crippen LogP contribution < -0.4 is 10.6 Å². The highest BCUT2D eigenvalue weighted by Crippen LogP contribution is 2.33. The maximum Gasteiger partial charge on any atom is 0.253 e. The van der Waals surface area contributed by atoms with Gasteiger partial charge in [0.25, 0.3) is 5.91 Å². The van der Waals surface area contributed by atoms with E-state index in [0.717, 1.165) is 0 Å². The standard InChI is InChI=1S/C20H17Cl4N5O2S/c1-2-29-16(9-25-19(31)12-5-3-4-6-13(12)22)27-28-20(29)32-10-17(30)26-18-14(23)7-11(21)8-15(18)24/h3-8H,2,9-10H2,1H3,(H,25,31)(H,26,30). The fraction of sp³-hybridized carbons (Fsp3) is 0.200. The molecule has 12 heteroatoms. The number of rotatable bonds is 8. The largest absolute Gasteiger partial charge is 0.345 e. The summed E-state index contributed by atoms with van der Waals surface area (Å²) in [7, 11) is 0. The number of nitrogens with zero attached hydrogens (tertiary/aromatic N) is 3. The molecule has 2 aromatic carbocycles. The Morgan fingerprint density at radius 3 is 2.38 bits per heavy atom. The number of amides is 2. The van der Waals surface area contributed by atoms with E-state index in [0.29, 0.717) is 38.8 Å². The van der Waals surface area contributed by atoms with Crippen LogP contribution in [0.1, 0.15) is 23.1 Å². The SMILES string of the molecule is CCn1c(CNC(=O)c2ccccc2Cl)nnc1SCC(=O)Nc1c(Cl)cc(Cl)cc1Cl. The summed E-state index contributed by atoms with van der Waals surface area (Å²) in [6.45, 7) is 2.64. The molecule has 3 rings (SSSR count). The maximum absolute atomic E-state index is 12.4. The molecule has 0 radical (unpaired) electrons. The van der Waals surface area contributed by atoms with Crippen LogP contribution in [-0.4, -0.2) is 32.3 Å². The molecule has 0 fully saturated rings. The Morgan fingerprint density at radius 1 is 1.03 bits per heavy atom. The van der Waals surface area contributed by atoms with Gasteiger partial charge in [0.05, 0.1) is 38.6 Å². The van der Waals surface area contributed by atoms with E-state index in [-0.39, 0.29) is 34.2 Å². The normalized spacial score (nSPS) is 10.8. The Balaban J connectivity index is 1.61. The summed E-state index contributed by atoms with van der Waals surface area (Å²) < 4.78 is 1.81. The Bertz CT molecular complexity index is 1130. The number of anilines is 1. The first-order valence-corrected chi connectivity index (χ1v) is 11.8. The summed E-state index contributed by atoms with van der Waals surface area (Å²) in [6, 6.07) is 9.76. The summed E-state index contributed by atoms with van der Waals surface area (Å²) in [4.78, 5) is 24.7. The van der Waals surface area contributed by atoms with Crippen LogP contribution in [0, 0.1) is 0 Å². The first-order valence-electron chi connectivity index (χ1n) is 9.32. The summed E-state index contributed by atoms with van der Waals surface area (Å²) in [5.74, 6) is -0.0223. The number of halogens is 4. The summed E-state index contributed by atoms with van der Waals surface area (Å²) in [5, 5.41) is 15.5. The van der Waals surface area contributed by atoms with E-state index in [1.165, 1.54) is 23.9 Å². The number of hydrogen-bond donors (Lipinski definition) is 2. The zero-order valence-corrected chi connectivity index (χ0v) is 20.5. The number of benzene rings is 2. The van der Waals surface area contributed by atoms with Gasteiger partial charge in [-0.15, -0.1) is 10.2 Å². The minimum Gasteiger partial charge on any atom is -0.345 e. The van der Waals surface area contributed by atoms with Crippen molar-refractivity contribution in [1.82, 2.24) is 20.1 Å². The molecular weight excluding hydrogens is 516 g/mol. The van der Waals surface area contributed by atoms with Crippen molar-refractivity contribution in [3.05, 3.63) is 67.9 Å². The molecule has 0 saturated carbocycles. The van der Waals surface area contributed by atoms with E-state index >= 15 is 0 Å². The molecule has 0 spiro atoms. The number of carbonyl (C=O) groups excluding carboxylic acids is 2. The van der Waals surface area contributed by atoms with Crippen LogP contribution in [0.3, 0.4) is 0 Å². The van der Waals surface area contributed by atoms with E-state index in [2.05, 4.69) is 20.8 Å². The zero-order chi connectivity index (χ0) is 23.3. The predicted octanol–water partition coefficient (Wildman–Crippen LogP) is 5.57. The molecule has 2 amide bonds. The van der Waals surface area contributed by atoms with Crippen LogP contribution in [0.5, 0.6) is 0 Å². The van der Waals surface area contributed by atoms with Gasteiger partial charge < -0.3 is 15.2 Å². The molecule has 32 heavy (non-hydrogen) atoms. The van der Waals surface area contributed by atoms with Gasteiger partial charge in [-0.1, -0.05) is 70.3 Å². The molecular formula is C20H17Cl4N5O2S. The second-order valence-electron chi connectivity index (χ2n) is 6.39. The molecule has 0 atom stereocenters. The molecule has 0 aliphatic carbocycles. The monoisotopic (exact) mass is 531 g/mol. The number of nitrogens with one attached hydrogen (secondary N) is 2. The molecule has 2 N–H and O–H groups in total. The summed E-state index contributed by atoms with van der Waals surface area (Å²) >= 11 is 25.4. The lowest BCUT2D eigenvalue weighted by atomic mass is 10.2. The van der Waals surface area contributed by atoms with Crippen LogP contribution >= 0.6 is 58.2 Å². The van der Waals surface area contributed by atoms with Crippen LogP contribution in [0.2, 0.25) is 20.1 Å². The fourth-order valence-electron chi connectivity index (χ4n) is 2.74. The van der Waals surface area contributed by atoms with Crippen molar-refractivity contribution in [2.75, 3.05) is 11.1 Å². The molecule has 168 valence electrons. The van der Waals surface area contributed by atoms with Crippen molar-refractivity contribution >= 4 is 75.7 Å². The molecule has 0 aliphatic heterocycles. The van der Waals surface area contributed by atoms with Crippen molar-refractivity contribution < 1.29 is 9.59 Å². The van der Waals surface area contributed by atoms with E-state index < -0.39 is 0 Å². The third-order valence-corrected chi connectivity index (χ3v) is 6.35. The number of carbonyl (C=O) groups is 2. The third-order valence-electron chi connectivity index (χ3n) is 4.24. The van der Waals surface area contributed by atoms with Crippen LogP contribution in [-0.2, 0) is 17.9 Å². The first-order chi connectivity index (χ1) is 15.3. The van der Waals surface area contributed by atoms with E-state index in [4.69, 9.17) is 46.4 Å². The van der Waals surface area contributed by atoms with Crippen LogP contribution in [0.25, 0.3) is 0 Å². The minimum atomic E-state index is -0.319. The second-order valence-corrected chi connectivity index (χ2v) is 8.99. The summed E-state index contributed by atoms with van der Waals surface area (Å²) in [5.41, 5.74) is 0.672. The van der Waals surface area contributed by atoms with Crippen LogP contribution in [0.15, 0.2) is 41.6 Å². The lowest BCUT2D eigenvalue weighted by Gasteiger charge is -2.11. The first kappa shape index (κ1) is 24.7. The lowest BCUT2D eigenvalue weighted by molar-refractivity contribution is -0.113. The predicted molar refractivity (Wildman–Crippen MR) is 129 cm³/mol. The highest BCUT2D eigenvalue weighted by molar-refractivity contribution is 7.99. The van der Waals surface area contributed by atoms with Crippen LogP contribution in [0.4, 0.5) is 5.69 Å². The van der Waals surface area contributed by atoms with Crippen molar-refractivity contribution in [3.8, 4) is 0 Å². The molecule has 0 saturated heterocycles. The number of hydrogen-bond acceptors (Lipinski definition) is 5. The van der Waals surface area contributed by atoms with E-state index in [1.54, 1.807) is 24.3 Å². The Hall–Kier alpha value is -1.97. The smallest absolute Gasteiger partial charge is 0.253 e. The molecule has 1 aromatic heterocycles. The number of aromatic nitrogens is 3. The Morgan fingerprint density at radius 2 is 1.72 bits per heavy atom. The van der Waals surface area contributed by atoms with E-state index in [1.807, 2.05) is 11.5 Å². The average Bonchev–Trinajstić information content (AvgIpc) is 3.15. The Kier molecular flexibility index (Phi) is 8.67. The van der Waals surface area contributed by atoms with E-state index in [9.17, 15) is 9.59 Å². The number of thioether (sulfide) groups is 1. The quantitative estimate of drug-likeness (QED) is 0.370.